The fourth-order valence-corrected chi connectivity index (χ4v) is 3.22. The minimum atomic E-state index is 0.114. The average Bonchev–Trinajstić information content (AvgIpc) is 2.54. The van der Waals surface area contributed by atoms with Crippen molar-refractivity contribution in [2.45, 2.75) is 51.1 Å². The molecule has 1 saturated carbocycles. The Balaban J connectivity index is 1.93. The standard InChI is InChI=1S/C17H26N2O2S/c1-12(13-9-10-15(20-2)16(11-13)21-3)18-17(22)19-14-7-5-4-6-8-14/h9-12,14H,4-8H2,1-3H3,(H2,18,19,22)/t12-/m1/s1. The smallest absolute Gasteiger partial charge is 0.166 e. The van der Waals surface area contributed by atoms with Gasteiger partial charge in [-0.15, -0.1) is 0 Å². The highest BCUT2D eigenvalue weighted by Gasteiger charge is 2.16. The van der Waals surface area contributed by atoms with Gasteiger partial charge in [0, 0.05) is 6.04 Å². The Morgan fingerprint density at radius 1 is 1.14 bits per heavy atom. The van der Waals surface area contributed by atoms with E-state index in [-0.39, 0.29) is 6.04 Å². The predicted molar refractivity (Wildman–Crippen MR) is 93.7 cm³/mol. The van der Waals surface area contributed by atoms with Crippen molar-refractivity contribution in [3.05, 3.63) is 23.8 Å². The van der Waals surface area contributed by atoms with Gasteiger partial charge < -0.3 is 20.1 Å². The second-order valence-corrected chi connectivity index (χ2v) is 6.20. The molecule has 2 rings (SSSR count). The van der Waals surface area contributed by atoms with E-state index in [4.69, 9.17) is 21.7 Å². The molecule has 0 aromatic heterocycles. The van der Waals surface area contributed by atoms with Crippen LogP contribution in [0.5, 0.6) is 11.5 Å². The van der Waals surface area contributed by atoms with E-state index < -0.39 is 0 Å². The van der Waals surface area contributed by atoms with E-state index >= 15 is 0 Å². The quantitative estimate of drug-likeness (QED) is 0.811. The van der Waals surface area contributed by atoms with Crippen molar-refractivity contribution in [2.24, 2.45) is 0 Å². The number of methoxy groups -OCH3 is 2. The van der Waals surface area contributed by atoms with Crippen LogP contribution in [-0.2, 0) is 0 Å². The van der Waals surface area contributed by atoms with Crippen LogP contribution in [0.1, 0.15) is 50.6 Å². The lowest BCUT2D eigenvalue weighted by Crippen LogP contribution is -2.43. The van der Waals surface area contributed by atoms with Crippen molar-refractivity contribution in [3.63, 3.8) is 0 Å². The number of nitrogens with one attached hydrogen (secondary N) is 2. The molecule has 0 amide bonds. The zero-order chi connectivity index (χ0) is 15.9. The van der Waals surface area contributed by atoms with Crippen LogP contribution in [0.15, 0.2) is 18.2 Å². The molecule has 4 nitrogen and oxygen atoms in total. The molecule has 5 heteroatoms. The largest absolute Gasteiger partial charge is 0.493 e. The van der Waals surface area contributed by atoms with Crippen LogP contribution in [0.2, 0.25) is 0 Å². The Hall–Kier alpha value is -1.49. The van der Waals surface area contributed by atoms with Gasteiger partial charge in [-0.25, -0.2) is 0 Å². The van der Waals surface area contributed by atoms with Crippen molar-refractivity contribution < 1.29 is 9.47 Å². The monoisotopic (exact) mass is 322 g/mol. The molecular formula is C17H26N2O2S. The maximum atomic E-state index is 5.44. The number of rotatable bonds is 5. The van der Waals surface area contributed by atoms with Crippen molar-refractivity contribution in [2.75, 3.05) is 14.2 Å². The van der Waals surface area contributed by atoms with Crippen LogP contribution in [0.3, 0.4) is 0 Å². The highest BCUT2D eigenvalue weighted by atomic mass is 32.1. The lowest BCUT2D eigenvalue weighted by atomic mass is 9.96. The summed E-state index contributed by atoms with van der Waals surface area (Å²) in [7, 11) is 3.29. The van der Waals surface area contributed by atoms with Gasteiger partial charge in [0.2, 0.25) is 0 Å². The molecule has 122 valence electrons. The number of benzene rings is 1. The molecule has 1 fully saturated rings. The molecule has 0 radical (unpaired) electrons. The summed E-state index contributed by atoms with van der Waals surface area (Å²) in [6.07, 6.45) is 6.37. The third-order valence-corrected chi connectivity index (χ3v) is 4.43. The van der Waals surface area contributed by atoms with E-state index in [0.717, 1.165) is 22.2 Å². The molecule has 0 aliphatic heterocycles. The van der Waals surface area contributed by atoms with Crippen LogP contribution in [0.4, 0.5) is 0 Å². The van der Waals surface area contributed by atoms with Gasteiger partial charge in [-0.1, -0.05) is 25.3 Å². The van der Waals surface area contributed by atoms with E-state index in [2.05, 4.69) is 17.6 Å². The molecule has 0 bridgehead atoms. The third kappa shape index (κ3) is 4.50. The van der Waals surface area contributed by atoms with Gasteiger partial charge in [0.1, 0.15) is 0 Å². The first-order valence-electron chi connectivity index (χ1n) is 7.93. The molecule has 0 unspecified atom stereocenters. The van der Waals surface area contributed by atoms with Crippen molar-refractivity contribution in [1.82, 2.24) is 10.6 Å². The van der Waals surface area contributed by atoms with Crippen LogP contribution >= 0.6 is 12.2 Å². The molecular weight excluding hydrogens is 296 g/mol. The van der Waals surface area contributed by atoms with Gasteiger partial charge in [0.15, 0.2) is 16.6 Å². The summed E-state index contributed by atoms with van der Waals surface area (Å²) >= 11 is 5.44. The Morgan fingerprint density at radius 2 is 1.82 bits per heavy atom. The summed E-state index contributed by atoms with van der Waals surface area (Å²) in [4.78, 5) is 0. The van der Waals surface area contributed by atoms with Gasteiger partial charge >= 0.3 is 0 Å². The van der Waals surface area contributed by atoms with Crippen LogP contribution in [-0.4, -0.2) is 25.4 Å². The van der Waals surface area contributed by atoms with Crippen molar-refractivity contribution >= 4 is 17.3 Å². The van der Waals surface area contributed by atoms with E-state index in [9.17, 15) is 0 Å². The SMILES string of the molecule is COc1ccc([C@@H](C)NC(=S)NC2CCCCC2)cc1OC. The Bertz CT molecular complexity index is 501. The Kier molecular flexibility index (Phi) is 6.31. The molecule has 1 aromatic rings. The van der Waals surface area contributed by atoms with Gasteiger partial charge in [0.25, 0.3) is 0 Å². The molecule has 22 heavy (non-hydrogen) atoms. The van der Waals surface area contributed by atoms with Crippen molar-refractivity contribution in [1.29, 1.82) is 0 Å². The molecule has 1 aliphatic rings. The first kappa shape index (κ1) is 16.9. The molecule has 2 N–H and O–H groups in total. The molecule has 1 aliphatic carbocycles. The Morgan fingerprint density at radius 3 is 2.45 bits per heavy atom. The Labute approximate surface area is 138 Å². The second kappa shape index (κ2) is 8.22. The van der Waals surface area contributed by atoms with Crippen molar-refractivity contribution in [3.8, 4) is 11.5 Å². The highest BCUT2D eigenvalue weighted by Crippen LogP contribution is 2.29. The number of thiocarbonyl (C=S) groups is 1. The molecule has 0 spiro atoms. The lowest BCUT2D eigenvalue weighted by molar-refractivity contribution is 0.354. The maximum Gasteiger partial charge on any atom is 0.166 e. The minimum Gasteiger partial charge on any atom is -0.493 e. The van der Waals surface area contributed by atoms with Crippen LogP contribution in [0, 0.1) is 0 Å². The van der Waals surface area contributed by atoms with E-state index in [1.807, 2.05) is 18.2 Å². The summed E-state index contributed by atoms with van der Waals surface area (Å²) in [5.74, 6) is 1.47. The maximum absolute atomic E-state index is 5.44. The van der Waals surface area contributed by atoms with Gasteiger partial charge in [-0.2, -0.15) is 0 Å². The summed E-state index contributed by atoms with van der Waals surface area (Å²) in [5, 5.41) is 7.52. The number of hydrogen-bond donors (Lipinski definition) is 2. The predicted octanol–water partition coefficient (Wildman–Crippen LogP) is 3.56. The van der Waals surface area contributed by atoms with Crippen LogP contribution < -0.4 is 20.1 Å². The van der Waals surface area contributed by atoms with E-state index in [0.29, 0.717) is 6.04 Å². The third-order valence-electron chi connectivity index (χ3n) is 4.20. The van der Waals surface area contributed by atoms with Gasteiger partial charge in [-0.05, 0) is 49.7 Å². The molecule has 0 heterocycles. The zero-order valence-corrected chi connectivity index (χ0v) is 14.5. The highest BCUT2D eigenvalue weighted by molar-refractivity contribution is 7.80. The summed E-state index contributed by atoms with van der Waals surface area (Å²) in [6, 6.07) is 6.57. The first-order chi connectivity index (χ1) is 10.6. The average molecular weight is 322 g/mol. The fraction of sp³-hybridized carbons (Fsp3) is 0.588. The molecule has 1 aromatic carbocycles. The van der Waals surface area contributed by atoms with Gasteiger partial charge in [0.05, 0.1) is 20.3 Å². The number of hydrogen-bond acceptors (Lipinski definition) is 3. The topological polar surface area (TPSA) is 42.5 Å². The normalized spacial score (nSPS) is 16.7. The first-order valence-corrected chi connectivity index (χ1v) is 8.34. The fourth-order valence-electron chi connectivity index (χ4n) is 2.88. The second-order valence-electron chi connectivity index (χ2n) is 5.79. The van der Waals surface area contributed by atoms with E-state index in [1.165, 1.54) is 32.1 Å². The minimum absolute atomic E-state index is 0.114. The number of ether oxygens (including phenoxy) is 2. The summed E-state index contributed by atoms with van der Waals surface area (Å²) in [6.45, 7) is 2.09. The summed E-state index contributed by atoms with van der Waals surface area (Å²) in [5.41, 5.74) is 1.12. The molecule has 0 saturated heterocycles. The van der Waals surface area contributed by atoms with Gasteiger partial charge in [-0.3, -0.25) is 0 Å². The summed E-state index contributed by atoms with van der Waals surface area (Å²) < 4.78 is 10.6. The lowest BCUT2D eigenvalue weighted by Gasteiger charge is -2.26. The van der Waals surface area contributed by atoms with E-state index in [1.54, 1.807) is 14.2 Å². The van der Waals surface area contributed by atoms with Crippen LogP contribution in [0.25, 0.3) is 0 Å². The zero-order valence-electron chi connectivity index (χ0n) is 13.6. The molecule has 1 atom stereocenters.